The lowest BCUT2D eigenvalue weighted by Gasteiger charge is -2.24. The van der Waals surface area contributed by atoms with Crippen LogP contribution >= 0.6 is 12.4 Å². The van der Waals surface area contributed by atoms with Crippen LogP contribution in [0.15, 0.2) is 60.7 Å². The minimum absolute atomic E-state index is 0. The van der Waals surface area contributed by atoms with Gasteiger partial charge >= 0.3 is 6.09 Å². The number of nitrogens with two attached hydrogens (primary N) is 1. The number of benzene rings is 2. The topological polar surface area (TPSA) is 201 Å². The molecule has 0 bridgehead atoms. The number of nitrogens with one attached hydrogen (secondary N) is 5. The van der Waals surface area contributed by atoms with Gasteiger partial charge in [-0.05, 0) is 23.5 Å². The first-order valence-electron chi connectivity index (χ1n) is 15.0. The number of amides is 6. The van der Waals surface area contributed by atoms with Gasteiger partial charge in [-0.25, -0.2) is 4.79 Å². The van der Waals surface area contributed by atoms with Crippen LogP contribution < -0.4 is 32.3 Å². The third kappa shape index (κ3) is 16.4. The van der Waals surface area contributed by atoms with Gasteiger partial charge in [0, 0.05) is 26.6 Å². The first-order chi connectivity index (χ1) is 22.0. The lowest BCUT2D eigenvalue weighted by molar-refractivity contribution is -0.132. The van der Waals surface area contributed by atoms with E-state index in [0.29, 0.717) is 6.42 Å². The zero-order chi connectivity index (χ0) is 33.9. The summed E-state index contributed by atoms with van der Waals surface area (Å²) in [6.45, 7) is 3.14. The Morgan fingerprint density at radius 3 is 1.89 bits per heavy atom. The minimum atomic E-state index is -0.959. The molecule has 2 aromatic rings. The molecule has 15 heteroatoms. The van der Waals surface area contributed by atoms with Gasteiger partial charge in [0.25, 0.3) is 0 Å². The van der Waals surface area contributed by atoms with Crippen molar-refractivity contribution in [3.05, 3.63) is 71.8 Å². The number of ether oxygens (including phenoxy) is 1. The summed E-state index contributed by atoms with van der Waals surface area (Å²) in [5, 5.41) is 13.0. The van der Waals surface area contributed by atoms with Gasteiger partial charge in [-0.2, -0.15) is 0 Å². The Labute approximate surface area is 281 Å². The SMILES string of the molecule is CC(C)CC(NC(=O)C(Cc1ccccc1)NC(=O)CN)C(=O)NCC(=O)NCCNC(=O)CN(C)C(=O)OCc1ccccc1.Cl. The van der Waals surface area contributed by atoms with Crippen LogP contribution in [0.3, 0.4) is 0 Å². The zero-order valence-corrected chi connectivity index (χ0v) is 27.8. The molecule has 2 atom stereocenters. The van der Waals surface area contributed by atoms with Crippen molar-refractivity contribution < 1.29 is 33.5 Å². The number of rotatable bonds is 18. The lowest BCUT2D eigenvalue weighted by Crippen LogP contribution is -2.56. The highest BCUT2D eigenvalue weighted by atomic mass is 35.5. The highest BCUT2D eigenvalue weighted by molar-refractivity contribution is 5.93. The number of likely N-dealkylation sites (N-methyl/N-ethyl adjacent to an activating group) is 1. The van der Waals surface area contributed by atoms with Crippen molar-refractivity contribution in [1.29, 1.82) is 0 Å². The second-order valence-electron chi connectivity index (χ2n) is 11.0. The van der Waals surface area contributed by atoms with Crippen molar-refractivity contribution in [2.24, 2.45) is 11.7 Å². The summed E-state index contributed by atoms with van der Waals surface area (Å²) < 4.78 is 5.18. The van der Waals surface area contributed by atoms with Gasteiger partial charge in [0.2, 0.25) is 29.5 Å². The van der Waals surface area contributed by atoms with Crippen LogP contribution in [0, 0.1) is 5.92 Å². The Hall–Kier alpha value is -4.69. The lowest BCUT2D eigenvalue weighted by atomic mass is 10.0. The molecular weight excluding hydrogens is 630 g/mol. The van der Waals surface area contributed by atoms with E-state index in [4.69, 9.17) is 10.5 Å². The average molecular weight is 676 g/mol. The Morgan fingerprint density at radius 1 is 0.745 bits per heavy atom. The van der Waals surface area contributed by atoms with Gasteiger partial charge in [0.05, 0.1) is 13.1 Å². The van der Waals surface area contributed by atoms with Gasteiger partial charge in [0.1, 0.15) is 25.2 Å². The molecule has 0 aliphatic carbocycles. The highest BCUT2D eigenvalue weighted by Crippen LogP contribution is 2.08. The second kappa shape index (κ2) is 21.9. The molecule has 258 valence electrons. The maximum Gasteiger partial charge on any atom is 0.410 e. The van der Waals surface area contributed by atoms with Crippen LogP contribution in [0.5, 0.6) is 0 Å². The molecule has 2 rings (SSSR count). The number of carbonyl (C=O) groups excluding carboxylic acids is 6. The summed E-state index contributed by atoms with van der Waals surface area (Å²) in [6, 6.07) is 16.3. The van der Waals surface area contributed by atoms with Crippen LogP contribution in [0.1, 0.15) is 31.4 Å². The van der Waals surface area contributed by atoms with Gasteiger partial charge in [-0.15, -0.1) is 12.4 Å². The summed E-state index contributed by atoms with van der Waals surface area (Å²) >= 11 is 0. The van der Waals surface area contributed by atoms with E-state index in [9.17, 15) is 28.8 Å². The van der Waals surface area contributed by atoms with Crippen molar-refractivity contribution in [2.75, 3.05) is 39.8 Å². The molecule has 0 saturated carbocycles. The molecular formula is C32H46ClN7O7. The van der Waals surface area contributed by atoms with E-state index in [1.54, 1.807) is 0 Å². The van der Waals surface area contributed by atoms with E-state index in [-0.39, 0.29) is 64.1 Å². The minimum Gasteiger partial charge on any atom is -0.445 e. The molecule has 6 amide bonds. The molecule has 0 saturated heterocycles. The van der Waals surface area contributed by atoms with Crippen LogP contribution in [-0.2, 0) is 41.7 Å². The van der Waals surface area contributed by atoms with E-state index in [1.807, 2.05) is 74.5 Å². The van der Waals surface area contributed by atoms with Crippen LogP contribution in [0.4, 0.5) is 4.79 Å². The summed E-state index contributed by atoms with van der Waals surface area (Å²) in [6.07, 6.45) is -0.160. The van der Waals surface area contributed by atoms with Gasteiger partial charge in [-0.3, -0.25) is 24.0 Å². The van der Waals surface area contributed by atoms with E-state index < -0.39 is 47.7 Å². The van der Waals surface area contributed by atoms with E-state index in [0.717, 1.165) is 16.0 Å². The highest BCUT2D eigenvalue weighted by Gasteiger charge is 2.27. The fourth-order valence-corrected chi connectivity index (χ4v) is 4.21. The fraction of sp³-hybridized carbons (Fsp3) is 0.438. The summed E-state index contributed by atoms with van der Waals surface area (Å²) in [5.41, 5.74) is 7.06. The first kappa shape index (κ1) is 40.3. The molecule has 0 spiro atoms. The predicted molar refractivity (Wildman–Crippen MR) is 178 cm³/mol. The van der Waals surface area contributed by atoms with Crippen molar-refractivity contribution >= 4 is 48.0 Å². The standard InChI is InChI=1S/C32H45N7O7.ClH/c1-22(2)16-25(38-31(44)26(37-27(40)18-33)17-23-10-6-4-7-11-23)30(43)36-19-28(41)34-14-15-35-29(42)20-39(3)32(45)46-21-24-12-8-5-9-13-24;/h4-13,22,25-26H,14-21,33H2,1-3H3,(H,34,41)(H,35,42)(H,36,43)(H,37,40)(H,38,44);1H. The van der Waals surface area contributed by atoms with Crippen LogP contribution in [0.25, 0.3) is 0 Å². The molecule has 0 heterocycles. The van der Waals surface area contributed by atoms with Crippen LogP contribution in [-0.4, -0.2) is 92.4 Å². The molecule has 0 aliphatic rings. The summed E-state index contributed by atoms with van der Waals surface area (Å²) in [7, 11) is 1.44. The average Bonchev–Trinajstić information content (AvgIpc) is 3.04. The van der Waals surface area contributed by atoms with E-state index in [2.05, 4.69) is 26.6 Å². The molecule has 0 fully saturated rings. The molecule has 0 aromatic heterocycles. The Morgan fingerprint density at radius 2 is 1.32 bits per heavy atom. The maximum absolute atomic E-state index is 13.2. The smallest absolute Gasteiger partial charge is 0.410 e. The number of halogens is 1. The Bertz CT molecular complexity index is 1300. The molecule has 7 N–H and O–H groups in total. The van der Waals surface area contributed by atoms with Crippen molar-refractivity contribution in [1.82, 2.24) is 31.5 Å². The number of nitrogens with zero attached hydrogens (tertiary/aromatic N) is 1. The largest absolute Gasteiger partial charge is 0.445 e. The zero-order valence-electron chi connectivity index (χ0n) is 27.0. The first-order valence-corrected chi connectivity index (χ1v) is 15.0. The maximum atomic E-state index is 13.2. The van der Waals surface area contributed by atoms with E-state index in [1.165, 1.54) is 7.05 Å². The normalized spacial score (nSPS) is 11.6. The quantitative estimate of drug-likeness (QED) is 0.121. The van der Waals surface area contributed by atoms with Gasteiger partial charge < -0.3 is 42.0 Å². The monoisotopic (exact) mass is 675 g/mol. The fourth-order valence-electron chi connectivity index (χ4n) is 4.21. The van der Waals surface area contributed by atoms with Crippen molar-refractivity contribution in [2.45, 2.75) is 45.4 Å². The van der Waals surface area contributed by atoms with Crippen molar-refractivity contribution in [3.63, 3.8) is 0 Å². The summed E-state index contributed by atoms with van der Waals surface area (Å²) in [5.74, 6) is -2.54. The Balaban J connectivity index is 0.0000110. The summed E-state index contributed by atoms with van der Waals surface area (Å²) in [4.78, 5) is 75.9. The molecule has 14 nitrogen and oxygen atoms in total. The Kier molecular flexibility index (Phi) is 18.8. The third-order valence-corrected chi connectivity index (χ3v) is 6.55. The predicted octanol–water partition coefficient (Wildman–Crippen LogP) is 0.243. The molecule has 0 aliphatic heterocycles. The second-order valence-corrected chi connectivity index (χ2v) is 11.0. The third-order valence-electron chi connectivity index (χ3n) is 6.55. The van der Waals surface area contributed by atoms with E-state index >= 15 is 0 Å². The van der Waals surface area contributed by atoms with Crippen LogP contribution in [0.2, 0.25) is 0 Å². The number of hydrogen-bond donors (Lipinski definition) is 6. The number of hydrogen-bond acceptors (Lipinski definition) is 8. The van der Waals surface area contributed by atoms with Gasteiger partial charge in [0.15, 0.2) is 0 Å². The molecule has 47 heavy (non-hydrogen) atoms. The van der Waals surface area contributed by atoms with Gasteiger partial charge in [-0.1, -0.05) is 74.5 Å². The molecule has 2 aromatic carbocycles. The number of carbonyl (C=O) groups is 6. The molecule has 2 unspecified atom stereocenters. The van der Waals surface area contributed by atoms with Crippen molar-refractivity contribution in [3.8, 4) is 0 Å². The molecule has 0 radical (unpaired) electrons.